The van der Waals surface area contributed by atoms with E-state index >= 15 is 0 Å². The van der Waals surface area contributed by atoms with E-state index in [-0.39, 0.29) is 24.8 Å². The summed E-state index contributed by atoms with van der Waals surface area (Å²) >= 11 is 0. The highest BCUT2D eigenvalue weighted by Crippen LogP contribution is 2.28. The molecule has 1 N–H and O–H groups in total. The zero-order valence-electron chi connectivity index (χ0n) is 15.3. The molecule has 1 fully saturated rings. The molecular weight excluding hydrogens is 365 g/mol. The Morgan fingerprint density at radius 3 is 1.88 bits per heavy atom. The van der Waals surface area contributed by atoms with Gasteiger partial charge in [0.2, 0.25) is 0 Å². The van der Waals surface area contributed by atoms with Gasteiger partial charge in [-0.3, -0.25) is 0 Å². The number of halogens is 2. The minimum atomic E-state index is 0. The molecule has 26 heavy (non-hydrogen) atoms. The lowest BCUT2D eigenvalue weighted by Gasteiger charge is -2.28. The third-order valence-electron chi connectivity index (χ3n) is 5.04. The van der Waals surface area contributed by atoms with Crippen molar-refractivity contribution in [2.75, 3.05) is 13.2 Å². The Hall–Kier alpha value is -1.06. The fraction of sp³-hybridized carbons (Fsp3) is 0.455. The smallest absolute Gasteiger partial charge is 0.0717 e. The number of ether oxygens (including phenoxy) is 1. The molecule has 3 rings (SSSR count). The summed E-state index contributed by atoms with van der Waals surface area (Å²) in [6.07, 6.45) is 5.29. The monoisotopic (exact) mass is 395 g/mol. The van der Waals surface area contributed by atoms with Crippen LogP contribution in [-0.4, -0.2) is 13.2 Å². The molecule has 2 aromatic carbocycles. The van der Waals surface area contributed by atoms with Gasteiger partial charge < -0.3 is 10.1 Å². The summed E-state index contributed by atoms with van der Waals surface area (Å²) < 4.78 is 5.92. The molecule has 2 nitrogen and oxygen atoms in total. The summed E-state index contributed by atoms with van der Waals surface area (Å²) in [5.41, 5.74) is 2.65. The van der Waals surface area contributed by atoms with Crippen molar-refractivity contribution in [2.45, 2.75) is 38.8 Å². The van der Waals surface area contributed by atoms with Crippen LogP contribution in [0.1, 0.15) is 36.8 Å². The van der Waals surface area contributed by atoms with Crippen molar-refractivity contribution in [3.05, 3.63) is 71.8 Å². The maximum Gasteiger partial charge on any atom is 0.0717 e. The van der Waals surface area contributed by atoms with Crippen LogP contribution < -0.4 is 5.32 Å². The highest BCUT2D eigenvalue weighted by Gasteiger charge is 2.20. The number of benzene rings is 2. The summed E-state index contributed by atoms with van der Waals surface area (Å²) in [5.74, 6) is 1.58. The first-order valence-electron chi connectivity index (χ1n) is 9.26. The zero-order valence-corrected chi connectivity index (χ0v) is 16.9. The second-order valence-electron chi connectivity index (χ2n) is 7.00. The first kappa shape index (κ1) is 23.0. The largest absolute Gasteiger partial charge is 0.376 e. The van der Waals surface area contributed by atoms with Crippen LogP contribution in [0.3, 0.4) is 0 Å². The highest BCUT2D eigenvalue weighted by molar-refractivity contribution is 5.85. The number of nitrogens with one attached hydrogen (secondary N) is 1. The molecule has 0 amide bonds. The van der Waals surface area contributed by atoms with Crippen molar-refractivity contribution >= 4 is 24.8 Å². The summed E-state index contributed by atoms with van der Waals surface area (Å²) in [6, 6.07) is 21.1. The molecule has 0 radical (unpaired) electrons. The van der Waals surface area contributed by atoms with E-state index in [9.17, 15) is 0 Å². The first-order valence-corrected chi connectivity index (χ1v) is 9.26. The number of rotatable bonds is 8. The van der Waals surface area contributed by atoms with Gasteiger partial charge in [-0.25, -0.2) is 0 Å². The Labute approximate surface area is 170 Å². The van der Waals surface area contributed by atoms with E-state index in [0.29, 0.717) is 0 Å². The minimum absolute atomic E-state index is 0. The molecule has 2 aromatic rings. The van der Waals surface area contributed by atoms with E-state index in [0.717, 1.165) is 38.1 Å². The minimum Gasteiger partial charge on any atom is -0.376 e. The van der Waals surface area contributed by atoms with E-state index in [1.807, 2.05) is 0 Å². The van der Waals surface area contributed by atoms with Crippen molar-refractivity contribution in [3.8, 4) is 0 Å². The molecule has 0 atom stereocenters. The van der Waals surface area contributed by atoms with Gasteiger partial charge in [-0.15, -0.1) is 24.8 Å². The van der Waals surface area contributed by atoms with Crippen LogP contribution in [-0.2, 0) is 17.9 Å². The topological polar surface area (TPSA) is 21.3 Å². The van der Waals surface area contributed by atoms with Crippen LogP contribution >= 0.6 is 24.8 Å². The molecule has 1 saturated carbocycles. The molecule has 144 valence electrons. The maximum absolute atomic E-state index is 5.92. The van der Waals surface area contributed by atoms with E-state index in [1.54, 1.807) is 0 Å². The van der Waals surface area contributed by atoms with Crippen LogP contribution in [0, 0.1) is 11.8 Å². The zero-order chi connectivity index (χ0) is 16.5. The van der Waals surface area contributed by atoms with Gasteiger partial charge in [-0.1, -0.05) is 60.7 Å². The predicted octanol–water partition coefficient (Wildman–Crippen LogP) is 5.64. The average Bonchev–Trinajstić information content (AvgIpc) is 2.65. The summed E-state index contributed by atoms with van der Waals surface area (Å²) in [6.45, 7) is 3.80. The van der Waals surface area contributed by atoms with Crippen molar-refractivity contribution < 1.29 is 4.74 Å². The third kappa shape index (κ3) is 8.09. The fourth-order valence-corrected chi connectivity index (χ4v) is 3.54. The van der Waals surface area contributed by atoms with E-state index in [1.165, 1.54) is 36.8 Å². The highest BCUT2D eigenvalue weighted by atomic mass is 35.5. The normalized spacial score (nSPS) is 19.2. The van der Waals surface area contributed by atoms with Crippen LogP contribution in [0.15, 0.2) is 60.7 Å². The van der Waals surface area contributed by atoms with Crippen LogP contribution in [0.2, 0.25) is 0 Å². The maximum atomic E-state index is 5.92. The van der Waals surface area contributed by atoms with E-state index in [2.05, 4.69) is 66.0 Å². The lowest BCUT2D eigenvalue weighted by molar-refractivity contribution is 0.0670. The van der Waals surface area contributed by atoms with Crippen LogP contribution in [0.25, 0.3) is 0 Å². The molecule has 0 bridgehead atoms. The number of hydrogen-bond acceptors (Lipinski definition) is 2. The van der Waals surface area contributed by atoms with Gasteiger partial charge in [0.05, 0.1) is 6.61 Å². The average molecular weight is 396 g/mol. The Bertz CT molecular complexity index is 518. The third-order valence-corrected chi connectivity index (χ3v) is 5.04. The standard InChI is InChI=1S/C22H29NO.2ClH/c1-3-7-19(8-4-1)15-23-16-20-11-13-22(14-12-20)18-24-17-21-9-5-2-6-10-21;;/h1-10,20,22-23H,11-18H2;2*1H. The molecule has 1 aliphatic carbocycles. The molecule has 1 aliphatic rings. The van der Waals surface area contributed by atoms with Gasteiger partial charge in [0.25, 0.3) is 0 Å². The van der Waals surface area contributed by atoms with Crippen LogP contribution in [0.4, 0.5) is 0 Å². The van der Waals surface area contributed by atoms with Gasteiger partial charge in [0.15, 0.2) is 0 Å². The van der Waals surface area contributed by atoms with Gasteiger partial charge in [-0.2, -0.15) is 0 Å². The van der Waals surface area contributed by atoms with Crippen molar-refractivity contribution in [3.63, 3.8) is 0 Å². The Morgan fingerprint density at radius 2 is 1.27 bits per heavy atom. The Kier molecular flexibility index (Phi) is 11.6. The lowest BCUT2D eigenvalue weighted by atomic mass is 9.82. The molecule has 0 unspecified atom stereocenters. The second kappa shape index (κ2) is 13.2. The molecule has 4 heteroatoms. The molecular formula is C22H31Cl2NO. The predicted molar refractivity (Wildman–Crippen MR) is 114 cm³/mol. The molecule has 0 aromatic heterocycles. The summed E-state index contributed by atoms with van der Waals surface area (Å²) in [5, 5.41) is 3.62. The van der Waals surface area contributed by atoms with Crippen LogP contribution in [0.5, 0.6) is 0 Å². The Balaban J connectivity index is 0.00000169. The van der Waals surface area contributed by atoms with Gasteiger partial charge >= 0.3 is 0 Å². The van der Waals surface area contributed by atoms with E-state index in [4.69, 9.17) is 4.74 Å². The molecule has 0 spiro atoms. The van der Waals surface area contributed by atoms with Crippen molar-refractivity contribution in [1.82, 2.24) is 5.32 Å². The molecule has 0 heterocycles. The quantitative estimate of drug-likeness (QED) is 0.623. The van der Waals surface area contributed by atoms with Gasteiger partial charge in [0.1, 0.15) is 0 Å². The van der Waals surface area contributed by atoms with Crippen molar-refractivity contribution in [1.29, 1.82) is 0 Å². The van der Waals surface area contributed by atoms with Crippen molar-refractivity contribution in [2.24, 2.45) is 11.8 Å². The first-order chi connectivity index (χ1) is 11.9. The SMILES string of the molecule is Cl.Cl.c1ccc(CNCC2CCC(COCc3ccccc3)CC2)cc1. The van der Waals surface area contributed by atoms with E-state index < -0.39 is 0 Å². The number of hydrogen-bond donors (Lipinski definition) is 1. The summed E-state index contributed by atoms with van der Waals surface area (Å²) in [4.78, 5) is 0. The fourth-order valence-electron chi connectivity index (χ4n) is 3.54. The Morgan fingerprint density at radius 1 is 0.731 bits per heavy atom. The lowest BCUT2D eigenvalue weighted by Crippen LogP contribution is -2.27. The van der Waals surface area contributed by atoms with Gasteiger partial charge in [-0.05, 0) is 55.2 Å². The molecule has 0 saturated heterocycles. The summed E-state index contributed by atoms with van der Waals surface area (Å²) in [7, 11) is 0. The second-order valence-corrected chi connectivity index (χ2v) is 7.00. The van der Waals surface area contributed by atoms with Gasteiger partial charge in [0, 0.05) is 13.2 Å². The molecule has 0 aliphatic heterocycles.